The molecule has 0 saturated carbocycles. The van der Waals surface area contributed by atoms with E-state index in [1.54, 1.807) is 0 Å². The van der Waals surface area contributed by atoms with Crippen molar-refractivity contribution < 1.29 is 0 Å². The molecule has 1 fully saturated rings. The number of hydrogen-bond acceptors (Lipinski definition) is 3. The molecular weight excluding hydrogens is 240 g/mol. The maximum Gasteiger partial charge on any atom is 0.0305 e. The van der Waals surface area contributed by atoms with E-state index in [9.17, 15) is 0 Å². The zero-order valence-electron chi connectivity index (χ0n) is 12.3. The second-order valence-corrected chi connectivity index (χ2v) is 7.29. The summed E-state index contributed by atoms with van der Waals surface area (Å²) in [5, 5.41) is 3.80. The van der Waals surface area contributed by atoms with Crippen LogP contribution in [0.5, 0.6) is 0 Å². The quantitative estimate of drug-likeness (QED) is 0.897. The molecule has 1 saturated heterocycles. The number of thiophene rings is 1. The first-order valence-corrected chi connectivity index (χ1v) is 7.86. The highest BCUT2D eigenvalue weighted by Gasteiger charge is 2.25. The Morgan fingerprint density at radius 1 is 1.33 bits per heavy atom. The van der Waals surface area contributed by atoms with Crippen molar-refractivity contribution >= 4 is 11.3 Å². The number of aryl methyl sites for hydroxylation is 2. The van der Waals surface area contributed by atoms with E-state index in [4.69, 9.17) is 0 Å². The molecule has 2 heterocycles. The van der Waals surface area contributed by atoms with Gasteiger partial charge in [-0.25, -0.2) is 0 Å². The summed E-state index contributed by atoms with van der Waals surface area (Å²) in [7, 11) is 0. The van der Waals surface area contributed by atoms with Crippen LogP contribution in [0.2, 0.25) is 0 Å². The van der Waals surface area contributed by atoms with Gasteiger partial charge in [0, 0.05) is 34.4 Å². The van der Waals surface area contributed by atoms with Gasteiger partial charge in [0.25, 0.3) is 0 Å². The molecule has 1 aliphatic heterocycles. The molecule has 2 nitrogen and oxygen atoms in total. The van der Waals surface area contributed by atoms with Gasteiger partial charge >= 0.3 is 0 Å². The van der Waals surface area contributed by atoms with E-state index in [2.05, 4.69) is 50.9 Å². The van der Waals surface area contributed by atoms with E-state index in [1.807, 2.05) is 11.3 Å². The summed E-state index contributed by atoms with van der Waals surface area (Å²) in [5.74, 6) is 0. The normalized spacial score (nSPS) is 22.9. The minimum atomic E-state index is 0.479. The Labute approximate surface area is 115 Å². The molecule has 102 valence electrons. The minimum Gasteiger partial charge on any atom is -0.306 e. The number of hydrogen-bond donors (Lipinski definition) is 1. The standard InChI is InChI=1S/C15H26N2S/c1-10(2)17-7-6-14(9-17)16-12(4)15-8-11(3)18-13(15)5/h8,10,12,14,16H,6-7,9H2,1-5H3. The minimum absolute atomic E-state index is 0.479. The highest BCUT2D eigenvalue weighted by atomic mass is 32.1. The molecule has 1 N–H and O–H groups in total. The van der Waals surface area contributed by atoms with Crippen LogP contribution in [-0.2, 0) is 0 Å². The molecule has 2 atom stereocenters. The van der Waals surface area contributed by atoms with Crippen molar-refractivity contribution in [3.63, 3.8) is 0 Å². The van der Waals surface area contributed by atoms with Crippen molar-refractivity contribution in [1.82, 2.24) is 10.2 Å². The van der Waals surface area contributed by atoms with Gasteiger partial charge in [0.2, 0.25) is 0 Å². The van der Waals surface area contributed by atoms with E-state index < -0.39 is 0 Å². The van der Waals surface area contributed by atoms with Gasteiger partial charge in [-0.1, -0.05) is 0 Å². The molecule has 0 amide bonds. The van der Waals surface area contributed by atoms with Crippen molar-refractivity contribution in [3.05, 3.63) is 21.4 Å². The monoisotopic (exact) mass is 266 g/mol. The molecule has 1 aliphatic rings. The average Bonchev–Trinajstić information content (AvgIpc) is 2.85. The third-order valence-electron chi connectivity index (χ3n) is 3.98. The van der Waals surface area contributed by atoms with Gasteiger partial charge in [-0.2, -0.15) is 0 Å². The summed E-state index contributed by atoms with van der Waals surface area (Å²) in [6.07, 6.45) is 1.28. The van der Waals surface area contributed by atoms with E-state index >= 15 is 0 Å². The van der Waals surface area contributed by atoms with Crippen LogP contribution >= 0.6 is 11.3 Å². The Bertz CT molecular complexity index is 397. The largest absolute Gasteiger partial charge is 0.306 e. The van der Waals surface area contributed by atoms with Crippen LogP contribution in [-0.4, -0.2) is 30.1 Å². The molecule has 0 radical (unpaired) electrons. The molecule has 2 unspecified atom stereocenters. The van der Waals surface area contributed by atoms with Crippen molar-refractivity contribution in [1.29, 1.82) is 0 Å². The lowest BCUT2D eigenvalue weighted by Gasteiger charge is -2.22. The molecule has 3 heteroatoms. The molecule has 0 spiro atoms. The Balaban J connectivity index is 1.92. The fraction of sp³-hybridized carbons (Fsp3) is 0.733. The van der Waals surface area contributed by atoms with Crippen LogP contribution in [0.3, 0.4) is 0 Å². The van der Waals surface area contributed by atoms with Gasteiger partial charge < -0.3 is 5.32 Å². The molecule has 0 aromatic carbocycles. The fourth-order valence-electron chi connectivity index (χ4n) is 2.92. The van der Waals surface area contributed by atoms with Gasteiger partial charge in [0.05, 0.1) is 0 Å². The number of nitrogens with zero attached hydrogens (tertiary/aromatic N) is 1. The predicted molar refractivity (Wildman–Crippen MR) is 80.5 cm³/mol. The second kappa shape index (κ2) is 5.72. The van der Waals surface area contributed by atoms with Crippen LogP contribution in [0.25, 0.3) is 0 Å². The topological polar surface area (TPSA) is 15.3 Å². The third kappa shape index (κ3) is 3.14. The summed E-state index contributed by atoms with van der Waals surface area (Å²) >= 11 is 1.91. The summed E-state index contributed by atoms with van der Waals surface area (Å²) < 4.78 is 0. The van der Waals surface area contributed by atoms with Gasteiger partial charge in [-0.3, -0.25) is 4.90 Å². The number of nitrogens with one attached hydrogen (secondary N) is 1. The Hall–Kier alpha value is -0.380. The summed E-state index contributed by atoms with van der Waals surface area (Å²) in [5.41, 5.74) is 1.49. The van der Waals surface area contributed by atoms with Crippen LogP contribution in [0.4, 0.5) is 0 Å². The fourth-order valence-corrected chi connectivity index (χ4v) is 3.94. The van der Waals surface area contributed by atoms with Crippen molar-refractivity contribution in [2.24, 2.45) is 0 Å². The van der Waals surface area contributed by atoms with E-state index in [0.717, 1.165) is 0 Å². The molecule has 2 rings (SSSR count). The summed E-state index contributed by atoms with van der Waals surface area (Å²) in [4.78, 5) is 5.45. The van der Waals surface area contributed by atoms with Gasteiger partial charge in [0.1, 0.15) is 0 Å². The first kappa shape index (κ1) is 14.0. The first-order chi connectivity index (χ1) is 8.47. The van der Waals surface area contributed by atoms with E-state index in [0.29, 0.717) is 18.1 Å². The maximum atomic E-state index is 3.80. The molecular formula is C15H26N2S. The Morgan fingerprint density at radius 2 is 2.06 bits per heavy atom. The summed E-state index contributed by atoms with van der Waals surface area (Å²) in [6, 6.07) is 4.15. The third-order valence-corrected chi connectivity index (χ3v) is 4.96. The summed E-state index contributed by atoms with van der Waals surface area (Å²) in [6.45, 7) is 13.8. The lowest BCUT2D eigenvalue weighted by atomic mass is 10.1. The van der Waals surface area contributed by atoms with Crippen LogP contribution < -0.4 is 5.32 Å². The Morgan fingerprint density at radius 3 is 2.56 bits per heavy atom. The average molecular weight is 266 g/mol. The molecule has 1 aromatic heterocycles. The van der Waals surface area contributed by atoms with E-state index in [1.165, 1.54) is 34.8 Å². The van der Waals surface area contributed by atoms with Crippen molar-refractivity contribution in [2.45, 2.75) is 59.2 Å². The highest BCUT2D eigenvalue weighted by molar-refractivity contribution is 7.12. The second-order valence-electron chi connectivity index (χ2n) is 5.83. The zero-order chi connectivity index (χ0) is 13.3. The number of likely N-dealkylation sites (tertiary alicyclic amines) is 1. The predicted octanol–water partition coefficient (Wildman–Crippen LogP) is 3.50. The SMILES string of the molecule is Cc1cc(C(C)NC2CCN(C(C)C)C2)c(C)s1. The Kier molecular flexibility index (Phi) is 4.46. The number of rotatable bonds is 4. The van der Waals surface area contributed by atoms with Gasteiger partial charge in [-0.05, 0) is 59.2 Å². The molecule has 0 bridgehead atoms. The first-order valence-electron chi connectivity index (χ1n) is 7.04. The smallest absolute Gasteiger partial charge is 0.0305 e. The molecule has 0 aliphatic carbocycles. The lowest BCUT2D eigenvalue weighted by Crippen LogP contribution is -2.36. The lowest BCUT2D eigenvalue weighted by molar-refractivity contribution is 0.266. The maximum absolute atomic E-state index is 3.80. The highest BCUT2D eigenvalue weighted by Crippen LogP contribution is 2.27. The van der Waals surface area contributed by atoms with Gasteiger partial charge in [0.15, 0.2) is 0 Å². The molecule has 18 heavy (non-hydrogen) atoms. The van der Waals surface area contributed by atoms with Crippen LogP contribution in [0, 0.1) is 13.8 Å². The van der Waals surface area contributed by atoms with Crippen molar-refractivity contribution in [3.8, 4) is 0 Å². The van der Waals surface area contributed by atoms with Gasteiger partial charge in [-0.15, -0.1) is 11.3 Å². The molecule has 1 aromatic rings. The van der Waals surface area contributed by atoms with E-state index in [-0.39, 0.29) is 0 Å². The van der Waals surface area contributed by atoms with Crippen molar-refractivity contribution in [2.75, 3.05) is 13.1 Å². The zero-order valence-corrected chi connectivity index (χ0v) is 13.1. The van der Waals surface area contributed by atoms with Crippen LogP contribution in [0.15, 0.2) is 6.07 Å². The van der Waals surface area contributed by atoms with Crippen LogP contribution in [0.1, 0.15) is 48.6 Å².